The maximum Gasteiger partial charge on any atom is 0.226 e. The van der Waals surface area contributed by atoms with Crippen LogP contribution in [-0.4, -0.2) is 63.1 Å². The molecule has 1 aliphatic heterocycles. The molecule has 0 saturated carbocycles. The van der Waals surface area contributed by atoms with Crippen LogP contribution in [-0.2, 0) is 11.2 Å². The van der Waals surface area contributed by atoms with E-state index >= 15 is 0 Å². The Bertz CT molecular complexity index is 682. The van der Waals surface area contributed by atoms with Gasteiger partial charge in [0.1, 0.15) is 5.60 Å². The van der Waals surface area contributed by atoms with Crippen LogP contribution in [0.2, 0.25) is 0 Å². The number of hydrogen-bond acceptors (Lipinski definition) is 6. The highest BCUT2D eigenvalue weighted by atomic mass is 16.3. The van der Waals surface area contributed by atoms with Gasteiger partial charge in [-0.25, -0.2) is 9.97 Å². The Balaban J connectivity index is 1.58. The monoisotopic (exact) mass is 327 g/mol. The van der Waals surface area contributed by atoms with E-state index in [1.54, 1.807) is 42.8 Å². The second kappa shape index (κ2) is 6.92. The Morgan fingerprint density at radius 3 is 2.83 bits per heavy atom. The van der Waals surface area contributed by atoms with Gasteiger partial charge in [0, 0.05) is 38.4 Å². The molecule has 1 amide bonds. The summed E-state index contributed by atoms with van der Waals surface area (Å²) >= 11 is 0. The number of carbonyl (C=O) groups is 1. The van der Waals surface area contributed by atoms with Crippen molar-refractivity contribution < 1.29 is 9.90 Å². The van der Waals surface area contributed by atoms with Crippen molar-refractivity contribution in [1.29, 1.82) is 0 Å². The molecule has 1 saturated heterocycles. The molecule has 3 heterocycles. The lowest BCUT2D eigenvalue weighted by atomic mass is 10.0. The van der Waals surface area contributed by atoms with Crippen LogP contribution in [0.25, 0.3) is 0 Å². The molecule has 7 heteroatoms. The summed E-state index contributed by atoms with van der Waals surface area (Å²) in [5, 5.41) is 10.8. The summed E-state index contributed by atoms with van der Waals surface area (Å²) in [6.07, 6.45) is 7.60. The van der Waals surface area contributed by atoms with Gasteiger partial charge in [0.2, 0.25) is 11.9 Å². The smallest absolute Gasteiger partial charge is 0.226 e. The van der Waals surface area contributed by atoms with Crippen LogP contribution >= 0.6 is 0 Å². The van der Waals surface area contributed by atoms with Crippen molar-refractivity contribution in [3.63, 3.8) is 0 Å². The van der Waals surface area contributed by atoms with Crippen LogP contribution in [0.4, 0.5) is 5.95 Å². The van der Waals surface area contributed by atoms with Crippen molar-refractivity contribution in [2.45, 2.75) is 18.4 Å². The highest BCUT2D eigenvalue weighted by molar-refractivity contribution is 5.78. The topological polar surface area (TPSA) is 82.5 Å². The Morgan fingerprint density at radius 1 is 1.33 bits per heavy atom. The van der Waals surface area contributed by atoms with Gasteiger partial charge in [0.15, 0.2) is 0 Å². The van der Waals surface area contributed by atoms with Crippen molar-refractivity contribution >= 4 is 11.9 Å². The van der Waals surface area contributed by atoms with Gasteiger partial charge in [-0.05, 0) is 24.1 Å². The lowest BCUT2D eigenvalue weighted by molar-refractivity contribution is -0.132. The second-order valence-electron chi connectivity index (χ2n) is 6.23. The molecule has 24 heavy (non-hydrogen) atoms. The summed E-state index contributed by atoms with van der Waals surface area (Å²) in [4.78, 5) is 28.3. The lowest BCUT2D eigenvalue weighted by Gasteiger charge is -2.29. The van der Waals surface area contributed by atoms with E-state index in [1.165, 1.54) is 0 Å². The van der Waals surface area contributed by atoms with Gasteiger partial charge in [-0.1, -0.05) is 6.07 Å². The van der Waals surface area contributed by atoms with E-state index in [0.717, 1.165) is 5.56 Å². The van der Waals surface area contributed by atoms with E-state index < -0.39 is 5.60 Å². The number of amides is 1. The fourth-order valence-corrected chi connectivity index (χ4v) is 2.95. The Kier molecular flexibility index (Phi) is 4.71. The number of pyridine rings is 1. The largest absolute Gasteiger partial charge is 0.386 e. The summed E-state index contributed by atoms with van der Waals surface area (Å²) in [5.74, 6) is 0.573. The molecule has 1 N–H and O–H groups in total. The molecule has 1 fully saturated rings. The Morgan fingerprint density at radius 2 is 2.12 bits per heavy atom. The number of nitrogens with zero attached hydrogens (tertiary/aromatic N) is 5. The van der Waals surface area contributed by atoms with Crippen molar-refractivity contribution in [1.82, 2.24) is 19.9 Å². The molecule has 1 aliphatic rings. The van der Waals surface area contributed by atoms with Crippen LogP contribution in [0.3, 0.4) is 0 Å². The van der Waals surface area contributed by atoms with E-state index in [-0.39, 0.29) is 18.9 Å². The number of anilines is 1. The summed E-state index contributed by atoms with van der Waals surface area (Å²) in [7, 11) is 1.72. The van der Waals surface area contributed by atoms with Crippen molar-refractivity contribution in [2.24, 2.45) is 0 Å². The molecule has 3 rings (SSSR count). The van der Waals surface area contributed by atoms with E-state index in [0.29, 0.717) is 25.5 Å². The van der Waals surface area contributed by atoms with Gasteiger partial charge in [-0.3, -0.25) is 9.78 Å². The molecule has 2 aromatic heterocycles. The zero-order valence-corrected chi connectivity index (χ0v) is 13.7. The number of β-amino-alcohol motifs (C(OH)–C–C–N with tert-alkyl or cyclic N) is 1. The fourth-order valence-electron chi connectivity index (χ4n) is 2.95. The molecule has 1 atom stereocenters. The summed E-state index contributed by atoms with van der Waals surface area (Å²) in [5.41, 5.74) is -0.0782. The number of likely N-dealkylation sites (N-methyl/N-ethyl adjacent to an activating group) is 1. The zero-order valence-electron chi connectivity index (χ0n) is 13.7. The first-order valence-electron chi connectivity index (χ1n) is 7.93. The third-order valence-corrected chi connectivity index (χ3v) is 4.20. The zero-order chi connectivity index (χ0) is 17.0. The lowest BCUT2D eigenvalue weighted by Crippen LogP contribution is -2.46. The maximum atomic E-state index is 12.3. The van der Waals surface area contributed by atoms with Crippen molar-refractivity contribution in [3.8, 4) is 0 Å². The molecular formula is C17H21N5O2. The number of aliphatic hydroxyl groups is 1. The highest BCUT2D eigenvalue weighted by Gasteiger charge is 2.38. The van der Waals surface area contributed by atoms with Crippen LogP contribution in [0, 0.1) is 0 Å². The second-order valence-corrected chi connectivity index (χ2v) is 6.23. The average Bonchev–Trinajstić information content (AvgIpc) is 2.98. The third kappa shape index (κ3) is 3.86. The van der Waals surface area contributed by atoms with Gasteiger partial charge < -0.3 is 14.9 Å². The van der Waals surface area contributed by atoms with Crippen molar-refractivity contribution in [3.05, 3.63) is 48.5 Å². The van der Waals surface area contributed by atoms with Gasteiger partial charge in [0.25, 0.3) is 0 Å². The van der Waals surface area contributed by atoms with Gasteiger partial charge in [0.05, 0.1) is 19.5 Å². The first-order valence-corrected chi connectivity index (χ1v) is 7.93. The van der Waals surface area contributed by atoms with Crippen LogP contribution in [0.5, 0.6) is 0 Å². The first kappa shape index (κ1) is 16.3. The average molecular weight is 327 g/mol. The predicted molar refractivity (Wildman–Crippen MR) is 89.4 cm³/mol. The van der Waals surface area contributed by atoms with E-state index in [9.17, 15) is 9.90 Å². The Labute approximate surface area is 141 Å². The van der Waals surface area contributed by atoms with E-state index in [4.69, 9.17) is 0 Å². The van der Waals surface area contributed by atoms with Gasteiger partial charge in [-0.2, -0.15) is 0 Å². The molecule has 0 bridgehead atoms. The SMILES string of the molecule is CN(CC1(O)CCN(c2ncccn2)C1)C(=O)Cc1cccnc1. The number of rotatable bonds is 5. The maximum absolute atomic E-state index is 12.3. The summed E-state index contributed by atoms with van der Waals surface area (Å²) < 4.78 is 0. The van der Waals surface area contributed by atoms with Gasteiger partial charge in [-0.15, -0.1) is 0 Å². The number of carbonyl (C=O) groups excluding carboxylic acids is 1. The quantitative estimate of drug-likeness (QED) is 0.862. The summed E-state index contributed by atoms with van der Waals surface area (Å²) in [6, 6.07) is 5.44. The van der Waals surface area contributed by atoms with Crippen LogP contribution in [0.15, 0.2) is 43.0 Å². The molecule has 1 unspecified atom stereocenters. The minimum atomic E-state index is -0.946. The van der Waals surface area contributed by atoms with E-state index in [2.05, 4.69) is 15.0 Å². The van der Waals surface area contributed by atoms with E-state index in [1.807, 2.05) is 17.0 Å². The molecule has 7 nitrogen and oxygen atoms in total. The van der Waals surface area contributed by atoms with Crippen LogP contribution in [0.1, 0.15) is 12.0 Å². The van der Waals surface area contributed by atoms with Crippen LogP contribution < -0.4 is 4.90 Å². The Hall–Kier alpha value is -2.54. The predicted octanol–water partition coefficient (Wildman–Crippen LogP) is 0.514. The molecule has 0 radical (unpaired) electrons. The minimum absolute atomic E-state index is 0.0363. The molecule has 0 aliphatic carbocycles. The first-order chi connectivity index (χ1) is 11.6. The normalized spacial score (nSPS) is 20.2. The molecule has 2 aromatic rings. The highest BCUT2D eigenvalue weighted by Crippen LogP contribution is 2.25. The number of hydrogen-bond donors (Lipinski definition) is 1. The molecule has 0 spiro atoms. The summed E-state index contributed by atoms with van der Waals surface area (Å²) in [6.45, 7) is 1.38. The number of aromatic nitrogens is 3. The standard InChI is InChI=1S/C17H21N5O2/c1-21(15(23)10-14-4-2-6-18-11-14)12-17(24)5-9-22(13-17)16-19-7-3-8-20-16/h2-4,6-8,11,24H,5,9-10,12-13H2,1H3. The molecule has 126 valence electrons. The fraction of sp³-hybridized carbons (Fsp3) is 0.412. The minimum Gasteiger partial charge on any atom is -0.386 e. The third-order valence-electron chi connectivity index (χ3n) is 4.20. The molecular weight excluding hydrogens is 306 g/mol. The van der Waals surface area contributed by atoms with Gasteiger partial charge >= 0.3 is 0 Å². The molecule has 0 aromatic carbocycles. The van der Waals surface area contributed by atoms with Crippen molar-refractivity contribution in [2.75, 3.05) is 31.6 Å².